The minimum absolute atomic E-state index is 0.136. The molecule has 1 aromatic carbocycles. The van der Waals surface area contributed by atoms with Crippen LogP contribution in [-0.2, 0) is 6.54 Å². The third-order valence-corrected chi connectivity index (χ3v) is 2.62. The van der Waals surface area contributed by atoms with Crippen molar-refractivity contribution in [1.29, 1.82) is 0 Å². The zero-order valence-corrected chi connectivity index (χ0v) is 10.3. The Hall–Kier alpha value is -1.88. The molecule has 0 unspecified atom stereocenters. The molecule has 2 aromatic rings. The maximum absolute atomic E-state index is 13.5. The number of benzene rings is 1. The Morgan fingerprint density at radius 2 is 2.22 bits per heavy atom. The van der Waals surface area contributed by atoms with Crippen molar-refractivity contribution in [1.82, 2.24) is 9.55 Å². The zero-order valence-electron chi connectivity index (χ0n) is 9.56. The smallest absolute Gasteiger partial charge is 0.255 e. The standard InChI is InChI=1S/C12H10ClFN2O2/c1-18-10-3-2-8(4-9(10)14)6-16-7-15-11(13)5-12(16)17/h2-5,7H,6H2,1H3. The van der Waals surface area contributed by atoms with Crippen molar-refractivity contribution in [2.24, 2.45) is 0 Å². The molecular weight excluding hydrogens is 259 g/mol. The third-order valence-electron chi connectivity index (χ3n) is 2.42. The molecule has 0 radical (unpaired) electrons. The fraction of sp³-hybridized carbons (Fsp3) is 0.167. The highest BCUT2D eigenvalue weighted by atomic mass is 35.5. The van der Waals surface area contributed by atoms with E-state index < -0.39 is 5.82 Å². The van der Waals surface area contributed by atoms with Crippen LogP contribution in [-0.4, -0.2) is 16.7 Å². The fourth-order valence-corrected chi connectivity index (χ4v) is 1.66. The molecule has 0 aliphatic rings. The summed E-state index contributed by atoms with van der Waals surface area (Å²) in [5, 5.41) is 0.136. The van der Waals surface area contributed by atoms with Gasteiger partial charge in [0.05, 0.1) is 20.0 Å². The number of halogens is 2. The number of rotatable bonds is 3. The van der Waals surface area contributed by atoms with Gasteiger partial charge in [0.25, 0.3) is 5.56 Å². The quantitative estimate of drug-likeness (QED) is 0.801. The van der Waals surface area contributed by atoms with Crippen molar-refractivity contribution < 1.29 is 9.13 Å². The van der Waals surface area contributed by atoms with Crippen molar-refractivity contribution >= 4 is 11.6 Å². The molecule has 0 bridgehead atoms. The van der Waals surface area contributed by atoms with Gasteiger partial charge in [0.2, 0.25) is 0 Å². The monoisotopic (exact) mass is 268 g/mol. The first-order chi connectivity index (χ1) is 8.60. The first-order valence-electron chi connectivity index (χ1n) is 5.14. The molecule has 4 nitrogen and oxygen atoms in total. The molecule has 0 saturated heterocycles. The second kappa shape index (κ2) is 5.18. The van der Waals surface area contributed by atoms with E-state index in [2.05, 4.69) is 4.98 Å². The number of hydrogen-bond donors (Lipinski definition) is 0. The summed E-state index contributed by atoms with van der Waals surface area (Å²) in [4.78, 5) is 15.4. The summed E-state index contributed by atoms with van der Waals surface area (Å²) >= 11 is 5.58. The Morgan fingerprint density at radius 1 is 1.44 bits per heavy atom. The summed E-state index contributed by atoms with van der Waals surface area (Å²) in [6.07, 6.45) is 1.33. The summed E-state index contributed by atoms with van der Waals surface area (Å²) in [7, 11) is 1.39. The van der Waals surface area contributed by atoms with E-state index in [1.807, 2.05) is 0 Å². The lowest BCUT2D eigenvalue weighted by molar-refractivity contribution is 0.386. The van der Waals surface area contributed by atoms with Gasteiger partial charge < -0.3 is 4.74 Å². The van der Waals surface area contributed by atoms with Gasteiger partial charge in [-0.25, -0.2) is 9.37 Å². The highest BCUT2D eigenvalue weighted by Crippen LogP contribution is 2.17. The summed E-state index contributed by atoms with van der Waals surface area (Å²) in [5.41, 5.74) is 0.353. The Kier molecular flexibility index (Phi) is 3.62. The number of hydrogen-bond acceptors (Lipinski definition) is 3. The molecule has 2 rings (SSSR count). The molecule has 1 aromatic heterocycles. The van der Waals surface area contributed by atoms with Gasteiger partial charge in [0, 0.05) is 6.07 Å². The van der Waals surface area contributed by atoms with Crippen LogP contribution in [0.25, 0.3) is 0 Å². The van der Waals surface area contributed by atoms with Gasteiger partial charge in [-0.3, -0.25) is 9.36 Å². The predicted molar refractivity (Wildman–Crippen MR) is 65.6 cm³/mol. The predicted octanol–water partition coefficient (Wildman–Crippen LogP) is 2.09. The van der Waals surface area contributed by atoms with Crippen LogP contribution < -0.4 is 10.3 Å². The SMILES string of the molecule is COc1ccc(Cn2cnc(Cl)cc2=O)cc1F. The van der Waals surface area contributed by atoms with E-state index in [0.717, 1.165) is 0 Å². The Balaban J connectivity index is 2.29. The zero-order chi connectivity index (χ0) is 13.1. The first kappa shape index (κ1) is 12.6. The third kappa shape index (κ3) is 2.68. The van der Waals surface area contributed by atoms with Crippen LogP contribution in [0.15, 0.2) is 35.4 Å². The second-order valence-corrected chi connectivity index (χ2v) is 4.03. The van der Waals surface area contributed by atoms with Gasteiger partial charge in [-0.15, -0.1) is 0 Å². The van der Waals surface area contributed by atoms with E-state index in [9.17, 15) is 9.18 Å². The van der Waals surface area contributed by atoms with Crippen molar-refractivity contribution in [2.45, 2.75) is 6.54 Å². The van der Waals surface area contributed by atoms with Crippen LogP contribution in [0.4, 0.5) is 4.39 Å². The van der Waals surface area contributed by atoms with E-state index in [4.69, 9.17) is 16.3 Å². The van der Waals surface area contributed by atoms with Crippen LogP contribution in [0.2, 0.25) is 5.15 Å². The number of aromatic nitrogens is 2. The molecule has 0 saturated carbocycles. The van der Waals surface area contributed by atoms with Gasteiger partial charge in [-0.2, -0.15) is 0 Å². The largest absolute Gasteiger partial charge is 0.494 e. The fourth-order valence-electron chi connectivity index (χ4n) is 1.53. The summed E-state index contributed by atoms with van der Waals surface area (Å²) < 4.78 is 19.6. The van der Waals surface area contributed by atoms with Gasteiger partial charge in [-0.05, 0) is 17.7 Å². The average molecular weight is 269 g/mol. The summed E-state index contributed by atoms with van der Waals surface area (Å²) in [5.74, 6) is -0.301. The van der Waals surface area contributed by atoms with E-state index in [1.54, 1.807) is 6.07 Å². The van der Waals surface area contributed by atoms with Crippen LogP contribution in [0.3, 0.4) is 0 Å². The summed E-state index contributed by atoms with van der Waals surface area (Å²) in [6, 6.07) is 5.73. The highest BCUT2D eigenvalue weighted by molar-refractivity contribution is 6.29. The average Bonchev–Trinajstić information content (AvgIpc) is 2.33. The lowest BCUT2D eigenvalue weighted by Gasteiger charge is -2.07. The Morgan fingerprint density at radius 3 is 2.83 bits per heavy atom. The van der Waals surface area contributed by atoms with Gasteiger partial charge in [0.15, 0.2) is 11.6 Å². The van der Waals surface area contributed by atoms with Crippen LogP contribution in [0.1, 0.15) is 5.56 Å². The molecule has 0 aliphatic carbocycles. The van der Waals surface area contributed by atoms with Crippen molar-refractivity contribution in [3.63, 3.8) is 0 Å². The molecule has 18 heavy (non-hydrogen) atoms. The number of nitrogens with zero attached hydrogens (tertiary/aromatic N) is 2. The molecule has 0 N–H and O–H groups in total. The highest BCUT2D eigenvalue weighted by Gasteiger charge is 2.05. The number of ether oxygens (including phenoxy) is 1. The van der Waals surface area contributed by atoms with E-state index >= 15 is 0 Å². The summed E-state index contributed by atoms with van der Waals surface area (Å²) in [6.45, 7) is 0.226. The van der Waals surface area contributed by atoms with Crippen LogP contribution in [0, 0.1) is 5.82 Å². The van der Waals surface area contributed by atoms with Crippen molar-refractivity contribution in [3.8, 4) is 5.75 Å². The van der Waals surface area contributed by atoms with Gasteiger partial charge in [-0.1, -0.05) is 17.7 Å². The van der Waals surface area contributed by atoms with Gasteiger partial charge >= 0.3 is 0 Å². The molecule has 0 amide bonds. The molecule has 0 aliphatic heterocycles. The Labute approximate surface area is 108 Å². The molecule has 0 spiro atoms. The molecular formula is C12H10ClFN2O2. The molecule has 0 fully saturated rings. The normalized spacial score (nSPS) is 10.4. The van der Waals surface area contributed by atoms with E-state index in [0.29, 0.717) is 5.56 Å². The van der Waals surface area contributed by atoms with Gasteiger partial charge in [0.1, 0.15) is 5.15 Å². The lowest BCUT2D eigenvalue weighted by Crippen LogP contribution is -2.19. The number of methoxy groups -OCH3 is 1. The second-order valence-electron chi connectivity index (χ2n) is 3.65. The molecule has 94 valence electrons. The maximum atomic E-state index is 13.5. The molecule has 0 atom stereocenters. The molecule has 6 heteroatoms. The Bertz CT molecular complexity index is 628. The first-order valence-corrected chi connectivity index (χ1v) is 5.52. The van der Waals surface area contributed by atoms with E-state index in [-0.39, 0.29) is 23.0 Å². The maximum Gasteiger partial charge on any atom is 0.255 e. The van der Waals surface area contributed by atoms with Crippen molar-refractivity contribution in [3.05, 3.63) is 57.5 Å². The van der Waals surface area contributed by atoms with E-state index in [1.165, 1.54) is 36.2 Å². The van der Waals surface area contributed by atoms with Crippen LogP contribution >= 0.6 is 11.6 Å². The minimum Gasteiger partial charge on any atom is -0.494 e. The topological polar surface area (TPSA) is 44.1 Å². The van der Waals surface area contributed by atoms with Crippen molar-refractivity contribution in [2.75, 3.05) is 7.11 Å². The minimum atomic E-state index is -0.468. The molecule has 1 heterocycles. The lowest BCUT2D eigenvalue weighted by atomic mass is 10.2. The van der Waals surface area contributed by atoms with Crippen LogP contribution in [0.5, 0.6) is 5.75 Å².